The van der Waals surface area contributed by atoms with Crippen LogP contribution in [0.2, 0.25) is 0 Å². The van der Waals surface area contributed by atoms with Crippen LogP contribution in [-0.2, 0) is 13.0 Å². The minimum absolute atomic E-state index is 0.219. The fourth-order valence-corrected chi connectivity index (χ4v) is 1.24. The summed E-state index contributed by atoms with van der Waals surface area (Å²) in [6.45, 7) is -0.242. The van der Waals surface area contributed by atoms with Crippen LogP contribution in [0.4, 0.5) is 0 Å². The molecule has 0 aliphatic heterocycles. The average molecular weight is 221 g/mol. The summed E-state index contributed by atoms with van der Waals surface area (Å²) >= 11 is 0. The molecule has 6 nitrogen and oxygen atoms in total. The molecule has 0 aromatic carbocycles. The smallest absolute Gasteiger partial charge is 0.252 e. The van der Waals surface area contributed by atoms with E-state index in [1.54, 1.807) is 19.4 Å². The summed E-state index contributed by atoms with van der Waals surface area (Å²) in [5.41, 5.74) is 0.950. The Hall–Kier alpha value is -1.95. The topological polar surface area (TPSA) is 81.3 Å². The molecule has 0 unspecified atom stereocenters. The van der Waals surface area contributed by atoms with Crippen LogP contribution in [-0.4, -0.2) is 27.3 Å². The summed E-state index contributed by atoms with van der Waals surface area (Å²) in [6.07, 6.45) is 2.20. The highest BCUT2D eigenvalue weighted by molar-refractivity contribution is 5.20. The lowest BCUT2D eigenvalue weighted by Gasteiger charge is -1.99. The summed E-state index contributed by atoms with van der Waals surface area (Å²) in [5.74, 6) is 1.31. The highest BCUT2D eigenvalue weighted by atomic mass is 16.5. The third-order valence-electron chi connectivity index (χ3n) is 2.01. The van der Waals surface area contributed by atoms with Crippen molar-refractivity contribution in [3.05, 3.63) is 35.6 Å². The molecule has 2 aromatic rings. The van der Waals surface area contributed by atoms with Crippen molar-refractivity contribution in [1.82, 2.24) is 15.1 Å². The van der Waals surface area contributed by atoms with Gasteiger partial charge < -0.3 is 14.4 Å². The van der Waals surface area contributed by atoms with Crippen molar-refractivity contribution in [2.75, 3.05) is 7.11 Å². The highest BCUT2D eigenvalue weighted by Crippen LogP contribution is 2.10. The number of pyridine rings is 1. The van der Waals surface area contributed by atoms with Crippen LogP contribution in [0, 0.1) is 0 Å². The van der Waals surface area contributed by atoms with E-state index in [-0.39, 0.29) is 12.5 Å². The van der Waals surface area contributed by atoms with Crippen LogP contribution in [0.25, 0.3) is 0 Å². The first-order valence-corrected chi connectivity index (χ1v) is 4.73. The van der Waals surface area contributed by atoms with Gasteiger partial charge in [0.25, 0.3) is 5.89 Å². The molecule has 1 N–H and O–H groups in total. The first kappa shape index (κ1) is 10.6. The van der Waals surface area contributed by atoms with E-state index in [4.69, 9.17) is 14.4 Å². The number of aliphatic hydroxyl groups is 1. The van der Waals surface area contributed by atoms with Gasteiger partial charge in [0, 0.05) is 18.7 Å². The van der Waals surface area contributed by atoms with Gasteiger partial charge in [-0.25, -0.2) is 4.98 Å². The third-order valence-corrected chi connectivity index (χ3v) is 2.01. The Morgan fingerprint density at radius 2 is 2.31 bits per heavy atom. The summed E-state index contributed by atoms with van der Waals surface area (Å²) in [5, 5.41) is 12.5. The van der Waals surface area contributed by atoms with Gasteiger partial charge in [-0.1, -0.05) is 11.2 Å². The Kier molecular flexibility index (Phi) is 3.11. The third kappa shape index (κ3) is 2.34. The van der Waals surface area contributed by atoms with E-state index in [9.17, 15) is 0 Å². The molecule has 2 heterocycles. The van der Waals surface area contributed by atoms with Crippen LogP contribution in [0.1, 0.15) is 17.3 Å². The second kappa shape index (κ2) is 4.71. The molecule has 0 aliphatic carbocycles. The molecule has 0 spiro atoms. The normalized spacial score (nSPS) is 10.4. The van der Waals surface area contributed by atoms with Gasteiger partial charge in [-0.3, -0.25) is 0 Å². The van der Waals surface area contributed by atoms with Crippen LogP contribution in [0.15, 0.2) is 22.9 Å². The molecule has 0 radical (unpaired) electrons. The SMILES string of the molecule is COc1ccc(Cc2noc(CO)n2)cn1. The Labute approximate surface area is 91.9 Å². The van der Waals surface area contributed by atoms with E-state index in [2.05, 4.69) is 15.1 Å². The first-order chi connectivity index (χ1) is 7.81. The maximum Gasteiger partial charge on any atom is 0.252 e. The number of rotatable bonds is 4. The van der Waals surface area contributed by atoms with E-state index in [1.165, 1.54) is 0 Å². The molecule has 2 aromatic heterocycles. The predicted octanol–water partition coefficient (Wildman–Crippen LogP) is 0.556. The van der Waals surface area contributed by atoms with Gasteiger partial charge in [0.1, 0.15) is 6.61 Å². The molecule has 0 atom stereocenters. The highest BCUT2D eigenvalue weighted by Gasteiger charge is 2.06. The van der Waals surface area contributed by atoms with Crippen molar-refractivity contribution in [2.45, 2.75) is 13.0 Å². The first-order valence-electron chi connectivity index (χ1n) is 4.73. The van der Waals surface area contributed by atoms with E-state index in [1.807, 2.05) is 6.07 Å². The molecule has 0 amide bonds. The molecule has 84 valence electrons. The lowest BCUT2D eigenvalue weighted by molar-refractivity contribution is 0.222. The Morgan fingerprint density at radius 1 is 1.44 bits per heavy atom. The van der Waals surface area contributed by atoms with Crippen LogP contribution >= 0.6 is 0 Å². The van der Waals surface area contributed by atoms with E-state index >= 15 is 0 Å². The van der Waals surface area contributed by atoms with Crippen LogP contribution in [0.3, 0.4) is 0 Å². The van der Waals surface area contributed by atoms with Crippen LogP contribution < -0.4 is 4.74 Å². The average Bonchev–Trinajstić information content (AvgIpc) is 2.78. The Morgan fingerprint density at radius 3 is 2.88 bits per heavy atom. The van der Waals surface area contributed by atoms with Crippen molar-refractivity contribution in [2.24, 2.45) is 0 Å². The van der Waals surface area contributed by atoms with Crippen molar-refractivity contribution >= 4 is 0 Å². The van der Waals surface area contributed by atoms with Gasteiger partial charge in [-0.05, 0) is 5.56 Å². The van der Waals surface area contributed by atoms with Crippen molar-refractivity contribution in [3.8, 4) is 5.88 Å². The summed E-state index contributed by atoms with van der Waals surface area (Å²) < 4.78 is 9.72. The van der Waals surface area contributed by atoms with E-state index < -0.39 is 0 Å². The zero-order valence-corrected chi connectivity index (χ0v) is 8.75. The fraction of sp³-hybridized carbons (Fsp3) is 0.300. The molecule has 0 saturated carbocycles. The lowest BCUT2D eigenvalue weighted by Crippen LogP contribution is -1.94. The fourth-order valence-electron chi connectivity index (χ4n) is 1.24. The van der Waals surface area contributed by atoms with E-state index in [0.29, 0.717) is 18.1 Å². The number of aliphatic hydroxyl groups excluding tert-OH is 1. The maximum absolute atomic E-state index is 8.76. The number of methoxy groups -OCH3 is 1. The maximum atomic E-state index is 8.76. The number of nitrogens with zero attached hydrogens (tertiary/aromatic N) is 3. The number of ether oxygens (including phenoxy) is 1. The molecule has 16 heavy (non-hydrogen) atoms. The summed E-state index contributed by atoms with van der Waals surface area (Å²) in [7, 11) is 1.56. The van der Waals surface area contributed by atoms with Crippen molar-refractivity contribution < 1.29 is 14.4 Å². The quantitative estimate of drug-likeness (QED) is 0.812. The lowest BCUT2D eigenvalue weighted by atomic mass is 10.2. The Balaban J connectivity index is 2.08. The molecule has 0 bridgehead atoms. The zero-order valence-electron chi connectivity index (χ0n) is 8.75. The Bertz CT molecular complexity index is 453. The second-order valence-corrected chi connectivity index (χ2v) is 3.15. The standard InChI is InChI=1S/C10H11N3O3/c1-15-9-3-2-7(5-11-9)4-8-12-10(6-14)16-13-8/h2-3,5,14H,4,6H2,1H3. The molecule has 0 aliphatic rings. The molecular formula is C10H11N3O3. The number of hydrogen-bond acceptors (Lipinski definition) is 6. The predicted molar refractivity (Wildman–Crippen MR) is 53.8 cm³/mol. The van der Waals surface area contributed by atoms with Crippen LogP contribution in [0.5, 0.6) is 5.88 Å². The minimum Gasteiger partial charge on any atom is -0.481 e. The van der Waals surface area contributed by atoms with Gasteiger partial charge in [0.15, 0.2) is 5.82 Å². The summed E-state index contributed by atoms with van der Waals surface area (Å²) in [4.78, 5) is 8.04. The monoisotopic (exact) mass is 221 g/mol. The number of aromatic nitrogens is 3. The van der Waals surface area contributed by atoms with Gasteiger partial charge in [-0.15, -0.1) is 0 Å². The van der Waals surface area contributed by atoms with E-state index in [0.717, 1.165) is 5.56 Å². The minimum atomic E-state index is -0.242. The number of hydrogen-bond donors (Lipinski definition) is 1. The zero-order chi connectivity index (χ0) is 11.4. The van der Waals surface area contributed by atoms with Gasteiger partial charge in [0.05, 0.1) is 7.11 Å². The largest absolute Gasteiger partial charge is 0.481 e. The second-order valence-electron chi connectivity index (χ2n) is 3.15. The molecular weight excluding hydrogens is 210 g/mol. The molecule has 2 rings (SSSR count). The van der Waals surface area contributed by atoms with Gasteiger partial charge in [0.2, 0.25) is 5.88 Å². The summed E-state index contributed by atoms with van der Waals surface area (Å²) in [6, 6.07) is 3.64. The molecule has 6 heteroatoms. The molecule has 0 saturated heterocycles. The van der Waals surface area contributed by atoms with Crippen molar-refractivity contribution in [1.29, 1.82) is 0 Å². The molecule has 0 fully saturated rings. The van der Waals surface area contributed by atoms with Gasteiger partial charge >= 0.3 is 0 Å². The van der Waals surface area contributed by atoms with Crippen molar-refractivity contribution in [3.63, 3.8) is 0 Å². The van der Waals surface area contributed by atoms with Gasteiger partial charge in [-0.2, -0.15) is 4.98 Å².